The van der Waals surface area contributed by atoms with Gasteiger partial charge in [-0.1, -0.05) is 12.1 Å². The molecule has 0 atom stereocenters. The van der Waals surface area contributed by atoms with Crippen molar-refractivity contribution in [2.24, 2.45) is 0 Å². The molecule has 1 N–H and O–H groups in total. The summed E-state index contributed by atoms with van der Waals surface area (Å²) in [5.41, 5.74) is 0.516. The molecule has 1 amide bonds. The molecule has 22 heavy (non-hydrogen) atoms. The van der Waals surface area contributed by atoms with Crippen molar-refractivity contribution in [2.45, 2.75) is 6.92 Å². The molecule has 7 heteroatoms. The van der Waals surface area contributed by atoms with Crippen LogP contribution in [0.15, 0.2) is 48.5 Å². The number of rotatable bonds is 4. The molecule has 0 heterocycles. The highest BCUT2D eigenvalue weighted by Gasteiger charge is 2.14. The monoisotopic (exact) mass is 300 g/mol. The average Bonchev–Trinajstić information content (AvgIpc) is 2.47. The van der Waals surface area contributed by atoms with Crippen LogP contribution in [0, 0.1) is 10.1 Å². The number of non-ortho nitro benzene ring substituents is 1. The minimum absolute atomic E-state index is 0.0710. The summed E-state index contributed by atoms with van der Waals surface area (Å²) >= 11 is 0. The van der Waals surface area contributed by atoms with E-state index >= 15 is 0 Å². The number of para-hydroxylation sites is 1. The van der Waals surface area contributed by atoms with Crippen molar-refractivity contribution in [2.75, 3.05) is 5.32 Å². The Labute approximate surface area is 125 Å². The zero-order valence-electron chi connectivity index (χ0n) is 11.6. The largest absolute Gasteiger partial charge is 0.426 e. The molecule has 2 aromatic rings. The molecule has 0 unspecified atom stereocenters. The molecular formula is C15H12N2O5. The lowest BCUT2D eigenvalue weighted by Crippen LogP contribution is -2.14. The van der Waals surface area contributed by atoms with Gasteiger partial charge in [0.1, 0.15) is 5.75 Å². The van der Waals surface area contributed by atoms with Crippen molar-refractivity contribution >= 4 is 23.3 Å². The zero-order valence-corrected chi connectivity index (χ0v) is 11.6. The molecule has 112 valence electrons. The number of nitro benzene ring substituents is 1. The van der Waals surface area contributed by atoms with Gasteiger partial charge in [0.2, 0.25) is 0 Å². The lowest BCUT2D eigenvalue weighted by molar-refractivity contribution is -0.384. The zero-order chi connectivity index (χ0) is 16.1. The first-order valence-corrected chi connectivity index (χ1v) is 6.30. The number of esters is 1. The predicted octanol–water partition coefficient (Wildman–Crippen LogP) is 2.77. The molecule has 0 bridgehead atoms. The van der Waals surface area contributed by atoms with Gasteiger partial charge in [0, 0.05) is 24.7 Å². The van der Waals surface area contributed by atoms with E-state index in [1.165, 1.54) is 43.3 Å². The second-order valence-electron chi connectivity index (χ2n) is 4.35. The highest BCUT2D eigenvalue weighted by molar-refractivity contribution is 6.06. The number of nitrogens with zero attached hydrogens (tertiary/aromatic N) is 1. The van der Waals surface area contributed by atoms with E-state index in [1.54, 1.807) is 12.1 Å². The molecule has 0 aliphatic heterocycles. The molecule has 0 aliphatic carbocycles. The maximum atomic E-state index is 12.2. The van der Waals surface area contributed by atoms with E-state index in [-0.39, 0.29) is 17.0 Å². The third kappa shape index (κ3) is 3.66. The minimum Gasteiger partial charge on any atom is -0.426 e. The van der Waals surface area contributed by atoms with Crippen LogP contribution in [-0.4, -0.2) is 16.8 Å². The summed E-state index contributed by atoms with van der Waals surface area (Å²) in [6.07, 6.45) is 0. The third-order valence-electron chi connectivity index (χ3n) is 2.72. The van der Waals surface area contributed by atoms with Crippen LogP contribution in [0.25, 0.3) is 0 Å². The standard InChI is InChI=1S/C15H12N2O5/c1-10(18)22-14-5-3-2-4-13(14)15(19)16-11-6-8-12(9-7-11)17(20)21/h2-9H,1H3,(H,16,19). The first kappa shape index (κ1) is 15.2. The summed E-state index contributed by atoms with van der Waals surface area (Å²) in [4.78, 5) is 33.3. The molecule has 0 spiro atoms. The van der Waals surface area contributed by atoms with Crippen LogP contribution in [0.1, 0.15) is 17.3 Å². The number of hydrogen-bond donors (Lipinski definition) is 1. The normalized spacial score (nSPS) is 9.86. The maximum absolute atomic E-state index is 12.2. The van der Waals surface area contributed by atoms with Gasteiger partial charge < -0.3 is 10.1 Å². The number of nitro groups is 1. The predicted molar refractivity (Wildman–Crippen MR) is 78.8 cm³/mol. The lowest BCUT2D eigenvalue weighted by atomic mass is 10.2. The highest BCUT2D eigenvalue weighted by atomic mass is 16.6. The van der Waals surface area contributed by atoms with Crippen molar-refractivity contribution in [3.8, 4) is 5.75 Å². The smallest absolute Gasteiger partial charge is 0.308 e. The number of ether oxygens (including phenoxy) is 1. The van der Waals surface area contributed by atoms with E-state index in [9.17, 15) is 19.7 Å². The van der Waals surface area contributed by atoms with Crippen LogP contribution >= 0.6 is 0 Å². The number of nitrogens with one attached hydrogen (secondary N) is 1. The Kier molecular flexibility index (Phi) is 4.47. The molecule has 2 rings (SSSR count). The fraction of sp³-hybridized carbons (Fsp3) is 0.0667. The molecule has 0 fully saturated rings. The molecule has 7 nitrogen and oxygen atoms in total. The summed E-state index contributed by atoms with van der Waals surface area (Å²) in [5, 5.41) is 13.2. The Morgan fingerprint density at radius 3 is 2.32 bits per heavy atom. The Morgan fingerprint density at radius 2 is 1.73 bits per heavy atom. The highest BCUT2D eigenvalue weighted by Crippen LogP contribution is 2.21. The second-order valence-corrected chi connectivity index (χ2v) is 4.35. The summed E-state index contributed by atoms with van der Waals surface area (Å²) in [6.45, 7) is 1.24. The summed E-state index contributed by atoms with van der Waals surface area (Å²) in [5.74, 6) is -0.865. The van der Waals surface area contributed by atoms with Crippen LogP contribution in [0.4, 0.5) is 11.4 Å². The van der Waals surface area contributed by atoms with Gasteiger partial charge in [-0.05, 0) is 24.3 Å². The number of benzene rings is 2. The van der Waals surface area contributed by atoms with Crippen LogP contribution in [0.3, 0.4) is 0 Å². The number of hydrogen-bond acceptors (Lipinski definition) is 5. The molecular weight excluding hydrogens is 288 g/mol. The van der Waals surface area contributed by atoms with E-state index in [2.05, 4.69) is 5.32 Å². The van der Waals surface area contributed by atoms with Gasteiger partial charge >= 0.3 is 5.97 Å². The summed E-state index contributed by atoms with van der Waals surface area (Å²) in [7, 11) is 0. The van der Waals surface area contributed by atoms with E-state index in [0.29, 0.717) is 5.69 Å². The van der Waals surface area contributed by atoms with Crippen LogP contribution in [-0.2, 0) is 4.79 Å². The van der Waals surface area contributed by atoms with Crippen molar-refractivity contribution in [3.63, 3.8) is 0 Å². The average molecular weight is 300 g/mol. The second kappa shape index (κ2) is 6.49. The molecule has 0 aliphatic rings. The Morgan fingerprint density at radius 1 is 1.09 bits per heavy atom. The van der Waals surface area contributed by atoms with Crippen molar-refractivity contribution in [1.82, 2.24) is 0 Å². The van der Waals surface area contributed by atoms with E-state index in [0.717, 1.165) is 0 Å². The summed E-state index contributed by atoms with van der Waals surface area (Å²) < 4.78 is 4.97. The van der Waals surface area contributed by atoms with Gasteiger partial charge in [0.25, 0.3) is 11.6 Å². The summed E-state index contributed by atoms with van der Waals surface area (Å²) in [6, 6.07) is 11.7. The Hall–Kier alpha value is -3.22. The first-order valence-electron chi connectivity index (χ1n) is 6.30. The number of carbonyl (C=O) groups is 2. The number of amides is 1. The van der Waals surface area contributed by atoms with Gasteiger partial charge in [0.15, 0.2) is 0 Å². The van der Waals surface area contributed by atoms with E-state index in [1.807, 2.05) is 0 Å². The molecule has 0 saturated heterocycles. The van der Waals surface area contributed by atoms with Crippen molar-refractivity contribution in [3.05, 3.63) is 64.2 Å². The van der Waals surface area contributed by atoms with Gasteiger partial charge in [-0.2, -0.15) is 0 Å². The molecule has 2 aromatic carbocycles. The van der Waals surface area contributed by atoms with Crippen LogP contribution in [0.2, 0.25) is 0 Å². The van der Waals surface area contributed by atoms with Crippen LogP contribution in [0.5, 0.6) is 5.75 Å². The fourth-order valence-corrected chi connectivity index (χ4v) is 1.76. The number of carbonyl (C=O) groups excluding carboxylic acids is 2. The van der Waals surface area contributed by atoms with Crippen molar-refractivity contribution in [1.29, 1.82) is 0 Å². The minimum atomic E-state index is -0.532. The molecule has 0 aromatic heterocycles. The first-order chi connectivity index (χ1) is 10.5. The quantitative estimate of drug-likeness (QED) is 0.405. The van der Waals surface area contributed by atoms with Gasteiger partial charge in [-0.3, -0.25) is 19.7 Å². The van der Waals surface area contributed by atoms with E-state index < -0.39 is 16.8 Å². The van der Waals surface area contributed by atoms with Crippen molar-refractivity contribution < 1.29 is 19.2 Å². The number of anilines is 1. The van der Waals surface area contributed by atoms with E-state index in [4.69, 9.17) is 4.74 Å². The maximum Gasteiger partial charge on any atom is 0.308 e. The Bertz CT molecular complexity index is 725. The van der Waals surface area contributed by atoms with Gasteiger partial charge in [0.05, 0.1) is 10.5 Å². The van der Waals surface area contributed by atoms with Gasteiger partial charge in [-0.25, -0.2) is 0 Å². The lowest BCUT2D eigenvalue weighted by Gasteiger charge is -2.09. The topological polar surface area (TPSA) is 98.5 Å². The fourth-order valence-electron chi connectivity index (χ4n) is 1.76. The third-order valence-corrected chi connectivity index (χ3v) is 2.72. The Balaban J connectivity index is 2.18. The SMILES string of the molecule is CC(=O)Oc1ccccc1C(=O)Nc1ccc([N+](=O)[O-])cc1. The van der Waals surface area contributed by atoms with Gasteiger partial charge in [-0.15, -0.1) is 0 Å². The molecule has 0 saturated carbocycles. The van der Waals surface area contributed by atoms with Crippen LogP contribution < -0.4 is 10.1 Å². The molecule has 0 radical (unpaired) electrons.